The zero-order chi connectivity index (χ0) is 9.84. The summed E-state index contributed by atoms with van der Waals surface area (Å²) in [7, 11) is 1.29. The van der Waals surface area contributed by atoms with Crippen LogP contribution in [0.25, 0.3) is 0 Å². The van der Waals surface area contributed by atoms with Crippen molar-refractivity contribution in [3.8, 4) is 11.8 Å². The van der Waals surface area contributed by atoms with Crippen LogP contribution >= 0.6 is 0 Å². The fourth-order valence-electron chi connectivity index (χ4n) is 0.920. The van der Waals surface area contributed by atoms with Crippen molar-refractivity contribution in [2.24, 2.45) is 0 Å². The lowest BCUT2D eigenvalue weighted by Crippen LogP contribution is -1.94. The number of carbonyl (C=O) groups is 1. The van der Waals surface area contributed by atoms with Crippen molar-refractivity contribution in [1.29, 1.82) is 5.26 Å². The first-order valence-corrected chi connectivity index (χ1v) is 3.45. The average Bonchev–Trinajstić information content (AvgIpc) is 2.17. The first kappa shape index (κ1) is 9.20. The number of rotatable bonds is 2. The number of nitriles is 1. The fourth-order valence-corrected chi connectivity index (χ4v) is 0.920. The highest BCUT2D eigenvalue weighted by molar-refractivity contribution is 5.79. The Kier molecular flexibility index (Phi) is 2.60. The summed E-state index contributed by atoms with van der Waals surface area (Å²) in [6.45, 7) is 0. The fraction of sp³-hybridized carbons (Fsp3) is 0.111. The molecule has 0 radical (unpaired) electrons. The van der Waals surface area contributed by atoms with E-state index >= 15 is 0 Å². The van der Waals surface area contributed by atoms with E-state index in [4.69, 9.17) is 5.26 Å². The molecule has 66 valence electrons. The Bertz CT molecular complexity index is 382. The standard InChI is InChI=1S/C9H6FNO2/c1-13-9-3-6(4-11)7(5-12)2-8(9)10/h2-3,5H,1H3. The number of halogens is 1. The van der Waals surface area contributed by atoms with Gasteiger partial charge < -0.3 is 4.74 Å². The van der Waals surface area contributed by atoms with Crippen LogP contribution in [0.5, 0.6) is 5.75 Å². The summed E-state index contributed by atoms with van der Waals surface area (Å²) in [5.74, 6) is -0.689. The van der Waals surface area contributed by atoms with Crippen LogP contribution in [0.4, 0.5) is 4.39 Å². The molecule has 0 bridgehead atoms. The Labute approximate surface area is 74.4 Å². The van der Waals surface area contributed by atoms with Gasteiger partial charge in [0.05, 0.1) is 12.7 Å². The highest BCUT2D eigenvalue weighted by Gasteiger charge is 2.08. The number of ether oxygens (including phenoxy) is 1. The second kappa shape index (κ2) is 3.68. The lowest BCUT2D eigenvalue weighted by atomic mass is 10.1. The largest absolute Gasteiger partial charge is 0.494 e. The van der Waals surface area contributed by atoms with Gasteiger partial charge in [-0.05, 0) is 6.07 Å². The van der Waals surface area contributed by atoms with Gasteiger partial charge in [-0.25, -0.2) is 4.39 Å². The monoisotopic (exact) mass is 179 g/mol. The molecule has 13 heavy (non-hydrogen) atoms. The molecule has 0 heterocycles. The third-order valence-corrected chi connectivity index (χ3v) is 1.57. The summed E-state index contributed by atoms with van der Waals surface area (Å²) >= 11 is 0. The van der Waals surface area contributed by atoms with Crippen LogP contribution in [0.15, 0.2) is 12.1 Å². The van der Waals surface area contributed by atoms with Gasteiger partial charge in [-0.1, -0.05) is 0 Å². The van der Waals surface area contributed by atoms with Gasteiger partial charge in [0.15, 0.2) is 17.9 Å². The Morgan fingerprint density at radius 3 is 2.77 bits per heavy atom. The second-order valence-electron chi connectivity index (χ2n) is 2.30. The number of hydrogen-bond donors (Lipinski definition) is 0. The van der Waals surface area contributed by atoms with E-state index < -0.39 is 5.82 Å². The van der Waals surface area contributed by atoms with E-state index in [0.29, 0.717) is 6.29 Å². The Morgan fingerprint density at radius 1 is 1.62 bits per heavy atom. The first-order chi connectivity index (χ1) is 6.22. The molecule has 0 unspecified atom stereocenters. The molecule has 0 spiro atoms. The minimum absolute atomic E-state index is 0.0285. The molecule has 0 saturated carbocycles. The summed E-state index contributed by atoms with van der Waals surface area (Å²) in [6, 6.07) is 3.94. The van der Waals surface area contributed by atoms with Crippen molar-refractivity contribution in [2.75, 3.05) is 7.11 Å². The van der Waals surface area contributed by atoms with Gasteiger partial charge in [0.2, 0.25) is 0 Å². The third kappa shape index (κ3) is 1.64. The van der Waals surface area contributed by atoms with Crippen molar-refractivity contribution in [3.05, 3.63) is 29.1 Å². The van der Waals surface area contributed by atoms with Gasteiger partial charge in [0, 0.05) is 11.6 Å². The number of benzene rings is 1. The van der Waals surface area contributed by atoms with Gasteiger partial charge in [-0.2, -0.15) is 5.26 Å². The second-order valence-corrected chi connectivity index (χ2v) is 2.30. The first-order valence-electron chi connectivity index (χ1n) is 3.45. The molecule has 0 amide bonds. The predicted octanol–water partition coefficient (Wildman–Crippen LogP) is 1.52. The summed E-state index contributed by atoms with van der Waals surface area (Å²) in [5, 5.41) is 8.57. The minimum Gasteiger partial charge on any atom is -0.494 e. The normalized spacial score (nSPS) is 9.00. The molecule has 1 aromatic rings. The number of methoxy groups -OCH3 is 1. The molecule has 0 aliphatic carbocycles. The van der Waals surface area contributed by atoms with Gasteiger partial charge in [-0.3, -0.25) is 4.79 Å². The minimum atomic E-state index is -0.649. The molecule has 0 fully saturated rings. The van der Waals surface area contributed by atoms with Crippen LogP contribution in [-0.4, -0.2) is 13.4 Å². The third-order valence-electron chi connectivity index (χ3n) is 1.57. The summed E-state index contributed by atoms with van der Waals surface area (Å²) in [5.41, 5.74) is 0.133. The molecule has 1 aromatic carbocycles. The van der Waals surface area contributed by atoms with Crippen molar-refractivity contribution >= 4 is 6.29 Å². The summed E-state index contributed by atoms with van der Waals surface area (Å²) in [6.07, 6.45) is 0.432. The van der Waals surface area contributed by atoms with Gasteiger partial charge in [0.25, 0.3) is 0 Å². The van der Waals surface area contributed by atoms with E-state index in [2.05, 4.69) is 4.74 Å². The van der Waals surface area contributed by atoms with Crippen LogP contribution in [-0.2, 0) is 0 Å². The van der Waals surface area contributed by atoms with Crippen LogP contribution in [0.3, 0.4) is 0 Å². The molecule has 0 aliphatic heterocycles. The predicted molar refractivity (Wildman–Crippen MR) is 43.1 cm³/mol. The summed E-state index contributed by atoms with van der Waals surface area (Å²) < 4.78 is 17.6. The number of hydrogen-bond acceptors (Lipinski definition) is 3. The molecule has 0 atom stereocenters. The van der Waals surface area contributed by atoms with Crippen LogP contribution in [0, 0.1) is 17.1 Å². The average molecular weight is 179 g/mol. The molecule has 1 rings (SSSR count). The van der Waals surface area contributed by atoms with E-state index in [1.165, 1.54) is 13.2 Å². The zero-order valence-electron chi connectivity index (χ0n) is 6.87. The smallest absolute Gasteiger partial charge is 0.165 e. The molecule has 0 N–H and O–H groups in total. The maximum atomic E-state index is 13.0. The molecule has 0 aliphatic rings. The summed E-state index contributed by atoms with van der Waals surface area (Å²) in [4.78, 5) is 10.4. The van der Waals surface area contributed by atoms with Gasteiger partial charge >= 0.3 is 0 Å². The van der Waals surface area contributed by atoms with E-state index in [0.717, 1.165) is 6.07 Å². The lowest BCUT2D eigenvalue weighted by Gasteiger charge is -2.02. The molecule has 3 nitrogen and oxygen atoms in total. The molecular formula is C9H6FNO2. The van der Waals surface area contributed by atoms with E-state index in [1.807, 2.05) is 0 Å². The van der Waals surface area contributed by atoms with Crippen molar-refractivity contribution in [1.82, 2.24) is 0 Å². The number of carbonyl (C=O) groups excluding carboxylic acids is 1. The quantitative estimate of drug-likeness (QED) is 0.646. The van der Waals surface area contributed by atoms with E-state index in [9.17, 15) is 9.18 Å². The molecule has 0 aromatic heterocycles. The van der Waals surface area contributed by atoms with Crippen LogP contribution < -0.4 is 4.74 Å². The van der Waals surface area contributed by atoms with E-state index in [1.54, 1.807) is 6.07 Å². The van der Waals surface area contributed by atoms with Gasteiger partial charge in [0.1, 0.15) is 6.07 Å². The van der Waals surface area contributed by atoms with Crippen LogP contribution in [0.2, 0.25) is 0 Å². The number of aldehydes is 1. The highest BCUT2D eigenvalue weighted by atomic mass is 19.1. The van der Waals surface area contributed by atoms with Crippen molar-refractivity contribution in [2.45, 2.75) is 0 Å². The van der Waals surface area contributed by atoms with Crippen molar-refractivity contribution in [3.63, 3.8) is 0 Å². The van der Waals surface area contributed by atoms with Crippen LogP contribution in [0.1, 0.15) is 15.9 Å². The SMILES string of the molecule is COc1cc(C#N)c(C=O)cc1F. The lowest BCUT2D eigenvalue weighted by molar-refractivity contribution is 0.112. The Hall–Kier alpha value is -1.89. The zero-order valence-corrected chi connectivity index (χ0v) is 6.87. The maximum Gasteiger partial charge on any atom is 0.165 e. The van der Waals surface area contributed by atoms with Crippen molar-refractivity contribution < 1.29 is 13.9 Å². The molecular weight excluding hydrogens is 173 g/mol. The topological polar surface area (TPSA) is 50.1 Å². The number of nitrogens with zero attached hydrogens (tertiary/aromatic N) is 1. The molecule has 0 saturated heterocycles. The maximum absolute atomic E-state index is 13.0. The van der Waals surface area contributed by atoms with Gasteiger partial charge in [-0.15, -0.1) is 0 Å². The highest BCUT2D eigenvalue weighted by Crippen LogP contribution is 2.20. The Morgan fingerprint density at radius 2 is 2.31 bits per heavy atom. The van der Waals surface area contributed by atoms with E-state index in [-0.39, 0.29) is 16.9 Å². The Balaban J connectivity index is 3.36. The molecule has 4 heteroatoms.